The molecule has 1 saturated heterocycles. The number of benzene rings is 1. The van der Waals surface area contributed by atoms with Gasteiger partial charge in [-0.2, -0.15) is 0 Å². The second-order valence-corrected chi connectivity index (χ2v) is 4.89. The van der Waals surface area contributed by atoms with Gasteiger partial charge < -0.3 is 10.6 Å². The van der Waals surface area contributed by atoms with Crippen molar-refractivity contribution >= 4 is 5.69 Å². The van der Waals surface area contributed by atoms with Crippen molar-refractivity contribution in [3.8, 4) is 0 Å². The van der Waals surface area contributed by atoms with Crippen molar-refractivity contribution in [2.24, 2.45) is 0 Å². The summed E-state index contributed by atoms with van der Waals surface area (Å²) in [6, 6.07) is 5.75. The molecule has 0 bridgehead atoms. The van der Waals surface area contributed by atoms with E-state index >= 15 is 0 Å². The van der Waals surface area contributed by atoms with E-state index < -0.39 is 0 Å². The second kappa shape index (κ2) is 5.02. The number of likely N-dealkylation sites (N-methyl/N-ethyl adjacent to an activating group) is 1. The maximum Gasteiger partial charge on any atom is 0.150 e. The molecule has 0 amide bonds. The van der Waals surface area contributed by atoms with E-state index in [0.29, 0.717) is 18.2 Å². The minimum absolute atomic E-state index is 0.240. The molecule has 1 atom stereocenters. The van der Waals surface area contributed by atoms with Crippen LogP contribution in [-0.2, 0) is 6.54 Å². The number of nitrogens with zero attached hydrogens (tertiary/aromatic N) is 2. The zero-order valence-electron chi connectivity index (χ0n) is 10.5. The van der Waals surface area contributed by atoms with Crippen molar-refractivity contribution in [3.05, 3.63) is 29.6 Å². The monoisotopic (exact) mass is 237 g/mol. The number of piperazine rings is 1. The van der Waals surface area contributed by atoms with Crippen LogP contribution in [0.1, 0.15) is 12.5 Å². The van der Waals surface area contributed by atoms with Gasteiger partial charge in [0.05, 0.1) is 5.69 Å². The SMILES string of the molecule is CC1CN(Cc2cccc(N)c2F)CCN1C. The van der Waals surface area contributed by atoms with Crippen LogP contribution in [0.25, 0.3) is 0 Å². The minimum Gasteiger partial charge on any atom is -0.396 e. The molecule has 0 aromatic heterocycles. The van der Waals surface area contributed by atoms with E-state index in [2.05, 4.69) is 23.8 Å². The smallest absolute Gasteiger partial charge is 0.150 e. The lowest BCUT2D eigenvalue weighted by Gasteiger charge is -2.37. The summed E-state index contributed by atoms with van der Waals surface area (Å²) in [5, 5.41) is 0. The molecule has 1 heterocycles. The summed E-state index contributed by atoms with van der Waals surface area (Å²) >= 11 is 0. The zero-order valence-corrected chi connectivity index (χ0v) is 10.5. The number of hydrogen-bond acceptors (Lipinski definition) is 3. The summed E-state index contributed by atoms with van der Waals surface area (Å²) in [5.74, 6) is -0.265. The molecule has 0 radical (unpaired) electrons. The topological polar surface area (TPSA) is 32.5 Å². The van der Waals surface area contributed by atoms with Crippen molar-refractivity contribution in [2.45, 2.75) is 19.5 Å². The predicted octanol–water partition coefficient (Wildman–Crippen LogP) is 1.54. The van der Waals surface area contributed by atoms with Crippen molar-refractivity contribution in [2.75, 3.05) is 32.4 Å². The second-order valence-electron chi connectivity index (χ2n) is 4.89. The predicted molar refractivity (Wildman–Crippen MR) is 68.2 cm³/mol. The summed E-state index contributed by atoms with van der Waals surface area (Å²) < 4.78 is 13.8. The number of nitrogens with two attached hydrogens (primary N) is 1. The van der Waals surface area contributed by atoms with E-state index in [1.807, 2.05) is 12.1 Å². The Bertz CT molecular complexity index is 394. The minimum atomic E-state index is -0.265. The van der Waals surface area contributed by atoms with Crippen LogP contribution in [0, 0.1) is 5.82 Å². The third-order valence-corrected chi connectivity index (χ3v) is 3.55. The Morgan fingerprint density at radius 2 is 2.18 bits per heavy atom. The molecule has 1 aliphatic rings. The maximum atomic E-state index is 13.8. The summed E-state index contributed by atoms with van der Waals surface area (Å²) in [4.78, 5) is 4.61. The van der Waals surface area contributed by atoms with E-state index in [0.717, 1.165) is 19.6 Å². The molecule has 94 valence electrons. The van der Waals surface area contributed by atoms with Gasteiger partial charge in [0, 0.05) is 37.8 Å². The maximum absolute atomic E-state index is 13.8. The van der Waals surface area contributed by atoms with Crippen molar-refractivity contribution in [1.82, 2.24) is 9.80 Å². The fourth-order valence-corrected chi connectivity index (χ4v) is 2.23. The average molecular weight is 237 g/mol. The Balaban J connectivity index is 2.04. The molecule has 1 aliphatic heterocycles. The van der Waals surface area contributed by atoms with Gasteiger partial charge in [-0.3, -0.25) is 4.90 Å². The van der Waals surface area contributed by atoms with Crippen LogP contribution in [0.2, 0.25) is 0 Å². The standard InChI is InChI=1S/C13H20FN3/c1-10-8-17(7-6-16(10)2)9-11-4-3-5-12(15)13(11)14/h3-5,10H,6-9,15H2,1-2H3. The molecule has 3 nitrogen and oxygen atoms in total. The molecular weight excluding hydrogens is 217 g/mol. The van der Waals surface area contributed by atoms with Gasteiger partial charge in [0.2, 0.25) is 0 Å². The molecule has 2 N–H and O–H groups in total. The summed E-state index contributed by atoms with van der Waals surface area (Å²) in [5.41, 5.74) is 6.51. The third-order valence-electron chi connectivity index (χ3n) is 3.55. The summed E-state index contributed by atoms with van der Waals surface area (Å²) in [6.45, 7) is 5.84. The molecule has 1 aromatic carbocycles. The first-order chi connectivity index (χ1) is 8.08. The first kappa shape index (κ1) is 12.3. The summed E-state index contributed by atoms with van der Waals surface area (Å²) in [6.07, 6.45) is 0. The van der Waals surface area contributed by atoms with E-state index in [-0.39, 0.29) is 11.5 Å². The van der Waals surface area contributed by atoms with Crippen molar-refractivity contribution < 1.29 is 4.39 Å². The Morgan fingerprint density at radius 3 is 2.88 bits per heavy atom. The van der Waals surface area contributed by atoms with Gasteiger partial charge in [-0.15, -0.1) is 0 Å². The molecule has 2 rings (SSSR count). The number of anilines is 1. The molecule has 0 saturated carbocycles. The van der Waals surface area contributed by atoms with Gasteiger partial charge in [-0.1, -0.05) is 12.1 Å². The number of nitrogen functional groups attached to an aromatic ring is 1. The lowest BCUT2D eigenvalue weighted by molar-refractivity contribution is 0.0992. The van der Waals surface area contributed by atoms with Crippen molar-refractivity contribution in [3.63, 3.8) is 0 Å². The lowest BCUT2D eigenvalue weighted by atomic mass is 10.1. The van der Waals surface area contributed by atoms with E-state index in [1.165, 1.54) is 0 Å². The zero-order chi connectivity index (χ0) is 12.4. The molecule has 0 aliphatic carbocycles. The normalized spacial score (nSPS) is 22.9. The van der Waals surface area contributed by atoms with Gasteiger partial charge in [0.25, 0.3) is 0 Å². The number of hydrogen-bond donors (Lipinski definition) is 1. The highest BCUT2D eigenvalue weighted by Gasteiger charge is 2.21. The quantitative estimate of drug-likeness (QED) is 0.792. The molecular formula is C13H20FN3. The van der Waals surface area contributed by atoms with Crippen LogP contribution < -0.4 is 5.73 Å². The number of rotatable bonds is 2. The van der Waals surface area contributed by atoms with E-state index in [1.54, 1.807) is 6.07 Å². The summed E-state index contributed by atoms with van der Waals surface area (Å²) in [7, 11) is 2.13. The first-order valence-electron chi connectivity index (χ1n) is 6.03. The molecule has 0 spiro atoms. The highest BCUT2D eigenvalue weighted by molar-refractivity contribution is 5.42. The van der Waals surface area contributed by atoms with Crippen LogP contribution in [-0.4, -0.2) is 42.5 Å². The van der Waals surface area contributed by atoms with Crippen LogP contribution in [0.5, 0.6) is 0 Å². The molecule has 1 aromatic rings. The van der Waals surface area contributed by atoms with Gasteiger partial charge >= 0.3 is 0 Å². The highest BCUT2D eigenvalue weighted by atomic mass is 19.1. The van der Waals surface area contributed by atoms with Crippen LogP contribution >= 0.6 is 0 Å². The largest absolute Gasteiger partial charge is 0.396 e. The Kier molecular flexibility index (Phi) is 3.64. The third kappa shape index (κ3) is 2.76. The fraction of sp³-hybridized carbons (Fsp3) is 0.538. The van der Waals surface area contributed by atoms with Crippen LogP contribution in [0.4, 0.5) is 10.1 Å². The molecule has 4 heteroatoms. The Labute approximate surface area is 102 Å². The van der Waals surface area contributed by atoms with Gasteiger partial charge in [0.1, 0.15) is 0 Å². The van der Waals surface area contributed by atoms with Crippen molar-refractivity contribution in [1.29, 1.82) is 0 Å². The van der Waals surface area contributed by atoms with Gasteiger partial charge in [-0.25, -0.2) is 4.39 Å². The molecule has 1 unspecified atom stereocenters. The van der Waals surface area contributed by atoms with Crippen LogP contribution in [0.15, 0.2) is 18.2 Å². The van der Waals surface area contributed by atoms with E-state index in [4.69, 9.17) is 5.73 Å². The van der Waals surface area contributed by atoms with Gasteiger partial charge in [0.15, 0.2) is 5.82 Å². The van der Waals surface area contributed by atoms with E-state index in [9.17, 15) is 4.39 Å². The molecule has 17 heavy (non-hydrogen) atoms. The lowest BCUT2D eigenvalue weighted by Crippen LogP contribution is -2.49. The average Bonchev–Trinajstić information content (AvgIpc) is 2.30. The number of halogens is 1. The molecule has 1 fully saturated rings. The highest BCUT2D eigenvalue weighted by Crippen LogP contribution is 2.18. The first-order valence-corrected chi connectivity index (χ1v) is 6.03. The Morgan fingerprint density at radius 1 is 1.41 bits per heavy atom. The fourth-order valence-electron chi connectivity index (χ4n) is 2.23. The Hall–Kier alpha value is -1.13. The van der Waals surface area contributed by atoms with Crippen LogP contribution in [0.3, 0.4) is 0 Å². The van der Waals surface area contributed by atoms with Gasteiger partial charge in [-0.05, 0) is 20.0 Å².